The summed E-state index contributed by atoms with van der Waals surface area (Å²) < 4.78 is 69.5. The Labute approximate surface area is 175 Å². The fourth-order valence-electron chi connectivity index (χ4n) is 3.03. The van der Waals surface area contributed by atoms with Crippen molar-refractivity contribution in [3.63, 3.8) is 0 Å². The van der Waals surface area contributed by atoms with Gasteiger partial charge in [0.2, 0.25) is 0 Å². The summed E-state index contributed by atoms with van der Waals surface area (Å²) in [5.74, 6) is -5.53. The van der Waals surface area contributed by atoms with Crippen molar-refractivity contribution in [3.8, 4) is 0 Å². The molecule has 1 saturated heterocycles. The van der Waals surface area contributed by atoms with Gasteiger partial charge in [0.05, 0.1) is 16.8 Å². The number of aryl methyl sites for hydroxylation is 1. The van der Waals surface area contributed by atoms with Gasteiger partial charge in [0.1, 0.15) is 5.69 Å². The third-order valence-electron chi connectivity index (χ3n) is 4.58. The number of halogens is 4. The molecule has 2 aromatic rings. The Hall–Kier alpha value is -2.28. The third-order valence-corrected chi connectivity index (χ3v) is 6.48. The largest absolute Gasteiger partial charge is 0.393 e. The number of carbonyl (C=O) groups is 1. The van der Waals surface area contributed by atoms with Crippen molar-refractivity contribution in [2.75, 3.05) is 23.1 Å². The molecule has 0 aliphatic carbocycles. The normalized spacial score (nSPS) is 15.9. The number of anilines is 2. The Morgan fingerprint density at radius 3 is 2.33 bits per heavy atom. The molecule has 3 rings (SSSR count). The summed E-state index contributed by atoms with van der Waals surface area (Å²) in [7, 11) is -2.57. The zero-order chi connectivity index (χ0) is 22.2. The minimum Gasteiger partial charge on any atom is -0.393 e. The summed E-state index contributed by atoms with van der Waals surface area (Å²) >= 11 is 6.17. The molecule has 8 nitrogen and oxygen atoms in total. The van der Waals surface area contributed by atoms with Crippen LogP contribution in [0.25, 0.3) is 0 Å². The predicted molar refractivity (Wildman–Crippen MR) is 104 cm³/mol. The lowest BCUT2D eigenvalue weighted by atomic mass is 10.1. The van der Waals surface area contributed by atoms with E-state index in [1.807, 2.05) is 0 Å². The molecular weight excluding hydrogens is 449 g/mol. The van der Waals surface area contributed by atoms with E-state index < -0.39 is 39.7 Å². The Bertz CT molecular complexity index is 1060. The van der Waals surface area contributed by atoms with Gasteiger partial charge in [-0.1, -0.05) is 11.6 Å². The Morgan fingerprint density at radius 1 is 1.20 bits per heavy atom. The number of carbonyl (C=O) groups excluding carboxylic acids is 1. The Balaban J connectivity index is 1.80. The average molecular weight is 467 g/mol. The van der Waals surface area contributed by atoms with Crippen LogP contribution in [-0.2, 0) is 17.3 Å². The van der Waals surface area contributed by atoms with Crippen LogP contribution in [0.3, 0.4) is 0 Å². The summed E-state index contributed by atoms with van der Waals surface area (Å²) in [6, 6.07) is 1.20. The molecule has 0 spiro atoms. The lowest BCUT2D eigenvalue weighted by Crippen LogP contribution is -2.42. The minimum atomic E-state index is -3.98. The number of benzene rings is 1. The number of nitrogens with one attached hydrogen (secondary N) is 2. The summed E-state index contributed by atoms with van der Waals surface area (Å²) in [5.41, 5.74) is -0.608. The summed E-state index contributed by atoms with van der Waals surface area (Å²) in [6.45, 7) is 0.242. The molecule has 0 saturated carbocycles. The van der Waals surface area contributed by atoms with Crippen LogP contribution in [0.5, 0.6) is 0 Å². The van der Waals surface area contributed by atoms with E-state index in [0.29, 0.717) is 25.0 Å². The second-order valence-electron chi connectivity index (χ2n) is 6.76. The standard InChI is InChI=1S/C17H18ClF3N4O4S/c1-24-8-13(23-30(28,29)25-4-2-10(26)3-5-25)14(18)16(24)17(27)22-9-6-11(19)15(21)12(20)7-9/h6-8,10,23,26H,2-5H2,1H3,(H,22,27). The zero-order valence-corrected chi connectivity index (χ0v) is 17.2. The van der Waals surface area contributed by atoms with Crippen LogP contribution in [0.4, 0.5) is 24.5 Å². The Kier molecular flexibility index (Phi) is 6.32. The van der Waals surface area contributed by atoms with Crippen LogP contribution in [0.15, 0.2) is 18.3 Å². The molecule has 2 heterocycles. The fourth-order valence-corrected chi connectivity index (χ4v) is 4.66. The molecule has 3 N–H and O–H groups in total. The van der Waals surface area contributed by atoms with Gasteiger partial charge < -0.3 is 15.0 Å². The van der Waals surface area contributed by atoms with Crippen molar-refractivity contribution in [1.29, 1.82) is 0 Å². The van der Waals surface area contributed by atoms with E-state index in [-0.39, 0.29) is 35.2 Å². The number of rotatable bonds is 5. The van der Waals surface area contributed by atoms with Crippen LogP contribution in [0.2, 0.25) is 5.02 Å². The lowest BCUT2D eigenvalue weighted by Gasteiger charge is -2.28. The number of amides is 1. The van der Waals surface area contributed by atoms with E-state index in [1.54, 1.807) is 0 Å². The lowest BCUT2D eigenvalue weighted by molar-refractivity contribution is 0.101. The first-order chi connectivity index (χ1) is 14.0. The van der Waals surface area contributed by atoms with Crippen molar-refractivity contribution in [3.05, 3.63) is 46.5 Å². The highest BCUT2D eigenvalue weighted by Crippen LogP contribution is 2.30. The molecule has 30 heavy (non-hydrogen) atoms. The first kappa shape index (κ1) is 22.4. The minimum absolute atomic E-state index is 0.0769. The van der Waals surface area contributed by atoms with Crippen LogP contribution in [-0.4, -0.2) is 47.5 Å². The molecule has 1 aliphatic rings. The van der Waals surface area contributed by atoms with Crippen LogP contribution in [0, 0.1) is 17.5 Å². The number of hydrogen-bond acceptors (Lipinski definition) is 4. The average Bonchev–Trinajstić information content (AvgIpc) is 2.92. The van der Waals surface area contributed by atoms with Crippen molar-refractivity contribution in [1.82, 2.24) is 8.87 Å². The first-order valence-corrected chi connectivity index (χ1v) is 10.6. The zero-order valence-electron chi connectivity index (χ0n) is 15.6. The van der Waals surface area contributed by atoms with E-state index in [9.17, 15) is 31.5 Å². The van der Waals surface area contributed by atoms with E-state index in [2.05, 4.69) is 10.0 Å². The summed E-state index contributed by atoms with van der Waals surface area (Å²) in [6.07, 6.45) is 1.29. The summed E-state index contributed by atoms with van der Waals surface area (Å²) in [4.78, 5) is 12.5. The number of nitrogens with zero attached hydrogens (tertiary/aromatic N) is 2. The van der Waals surface area contributed by atoms with Gasteiger partial charge in [-0.15, -0.1) is 0 Å². The molecule has 0 radical (unpaired) electrons. The van der Waals surface area contributed by atoms with E-state index in [4.69, 9.17) is 11.6 Å². The molecule has 1 aromatic heterocycles. The quantitative estimate of drug-likeness (QED) is 0.589. The van der Waals surface area contributed by atoms with Gasteiger partial charge in [0.25, 0.3) is 5.91 Å². The predicted octanol–water partition coefficient (Wildman–Crippen LogP) is 2.46. The SMILES string of the molecule is Cn1cc(NS(=O)(=O)N2CCC(O)CC2)c(Cl)c1C(=O)Nc1cc(F)c(F)c(F)c1. The molecule has 13 heteroatoms. The number of aliphatic hydroxyl groups excluding tert-OH is 1. The van der Waals surface area contributed by atoms with E-state index >= 15 is 0 Å². The highest BCUT2D eigenvalue weighted by Gasteiger charge is 2.29. The molecule has 0 atom stereocenters. The Morgan fingerprint density at radius 2 is 1.77 bits per heavy atom. The van der Waals surface area contributed by atoms with Crippen LogP contribution in [0.1, 0.15) is 23.3 Å². The van der Waals surface area contributed by atoms with Gasteiger partial charge >= 0.3 is 10.2 Å². The molecule has 1 aliphatic heterocycles. The topological polar surface area (TPSA) is 104 Å². The molecular formula is C17H18ClF3N4O4S. The van der Waals surface area contributed by atoms with E-state index in [0.717, 1.165) is 4.31 Å². The fraction of sp³-hybridized carbons (Fsp3) is 0.353. The maximum absolute atomic E-state index is 13.3. The second-order valence-corrected chi connectivity index (χ2v) is 8.81. The highest BCUT2D eigenvalue weighted by molar-refractivity contribution is 7.90. The van der Waals surface area contributed by atoms with Gasteiger partial charge in [-0.3, -0.25) is 9.52 Å². The molecule has 164 valence electrons. The number of aliphatic hydroxyl groups is 1. The smallest absolute Gasteiger partial charge is 0.301 e. The van der Waals surface area contributed by atoms with Gasteiger partial charge in [0.15, 0.2) is 17.5 Å². The molecule has 1 aromatic carbocycles. The first-order valence-electron chi connectivity index (χ1n) is 8.76. The number of hydrogen-bond donors (Lipinski definition) is 3. The van der Waals surface area contributed by atoms with Gasteiger partial charge in [-0.2, -0.15) is 12.7 Å². The van der Waals surface area contributed by atoms with Crippen molar-refractivity contribution < 1.29 is 31.5 Å². The maximum atomic E-state index is 13.3. The van der Waals surface area contributed by atoms with E-state index in [1.165, 1.54) is 17.8 Å². The highest BCUT2D eigenvalue weighted by atomic mass is 35.5. The van der Waals surface area contributed by atoms with Gasteiger partial charge in [-0.05, 0) is 12.8 Å². The third kappa shape index (κ3) is 4.56. The molecule has 0 bridgehead atoms. The second kappa shape index (κ2) is 8.46. The number of aromatic nitrogens is 1. The molecule has 0 unspecified atom stereocenters. The monoisotopic (exact) mass is 466 g/mol. The van der Waals surface area contributed by atoms with Crippen LogP contribution < -0.4 is 10.0 Å². The van der Waals surface area contributed by atoms with Crippen molar-refractivity contribution >= 4 is 39.1 Å². The molecule has 1 fully saturated rings. The maximum Gasteiger partial charge on any atom is 0.301 e. The number of piperidine rings is 1. The van der Waals surface area contributed by atoms with Gasteiger partial charge in [0, 0.05) is 44.2 Å². The summed E-state index contributed by atoms with van der Waals surface area (Å²) in [5, 5.41) is 11.5. The molecule has 1 amide bonds. The van der Waals surface area contributed by atoms with Crippen molar-refractivity contribution in [2.45, 2.75) is 18.9 Å². The van der Waals surface area contributed by atoms with Gasteiger partial charge in [-0.25, -0.2) is 13.2 Å². The van der Waals surface area contributed by atoms with Crippen molar-refractivity contribution in [2.24, 2.45) is 7.05 Å². The van der Waals surface area contributed by atoms with Crippen LogP contribution >= 0.6 is 11.6 Å².